The Kier molecular flexibility index (Phi) is 2.72. The normalized spacial score (nSPS) is 17.7. The van der Waals surface area contributed by atoms with Gasteiger partial charge in [-0.15, -0.1) is 0 Å². The van der Waals surface area contributed by atoms with Gasteiger partial charge in [0.05, 0.1) is 5.92 Å². The molecule has 0 saturated carbocycles. The maximum atomic E-state index is 12.0. The quantitative estimate of drug-likeness (QED) is 0.845. The number of aromatic nitrogens is 1. The monoisotopic (exact) mass is 243 g/mol. The molecule has 5 heteroatoms. The number of rotatable bonds is 2. The Morgan fingerprint density at radius 1 is 1.39 bits per heavy atom. The van der Waals surface area contributed by atoms with Crippen molar-refractivity contribution in [2.75, 3.05) is 17.2 Å². The van der Waals surface area contributed by atoms with Crippen molar-refractivity contribution in [1.29, 1.82) is 0 Å². The Labute approximate surface area is 104 Å². The molecule has 1 aliphatic heterocycles. The minimum Gasteiger partial charge on any atom is -0.384 e. The molecule has 1 amide bonds. The lowest BCUT2D eigenvalue weighted by molar-refractivity contribution is -0.119. The second-order valence-corrected chi connectivity index (χ2v) is 4.31. The van der Waals surface area contributed by atoms with Gasteiger partial charge in [0.25, 0.3) is 0 Å². The smallest absolute Gasteiger partial charge is 0.230 e. The van der Waals surface area contributed by atoms with Gasteiger partial charge in [-0.1, -0.05) is 23.4 Å². The molecule has 92 valence electrons. The summed E-state index contributed by atoms with van der Waals surface area (Å²) >= 11 is 0. The summed E-state index contributed by atoms with van der Waals surface area (Å²) in [6.07, 6.45) is 2.18. The van der Waals surface area contributed by atoms with Crippen molar-refractivity contribution in [1.82, 2.24) is 5.16 Å². The van der Waals surface area contributed by atoms with Crippen LogP contribution in [0.4, 0.5) is 11.5 Å². The molecule has 0 radical (unpaired) electrons. The summed E-state index contributed by atoms with van der Waals surface area (Å²) in [7, 11) is 0. The van der Waals surface area contributed by atoms with Crippen molar-refractivity contribution in [3.63, 3.8) is 0 Å². The average molecular weight is 243 g/mol. The van der Waals surface area contributed by atoms with Gasteiger partial charge < -0.3 is 15.2 Å². The fourth-order valence-electron chi connectivity index (χ4n) is 2.13. The van der Waals surface area contributed by atoms with Crippen molar-refractivity contribution < 1.29 is 9.32 Å². The van der Waals surface area contributed by atoms with Crippen molar-refractivity contribution >= 4 is 17.4 Å². The standard InChI is InChI=1S/C13H13N3O2/c17-13(15-12-5-6-18-16-12)10-7-9-3-1-2-4-11(9)14-8-10/h1-6,10,14H,7-8H2,(H,15,16,17). The Hall–Kier alpha value is -2.30. The maximum absolute atomic E-state index is 12.0. The minimum absolute atomic E-state index is 0.0362. The number of carbonyl (C=O) groups excluding carboxylic acids is 1. The van der Waals surface area contributed by atoms with E-state index in [1.165, 1.54) is 11.8 Å². The number of hydrogen-bond acceptors (Lipinski definition) is 4. The lowest BCUT2D eigenvalue weighted by Gasteiger charge is -2.24. The second-order valence-electron chi connectivity index (χ2n) is 4.31. The van der Waals surface area contributed by atoms with Gasteiger partial charge in [-0.25, -0.2) is 0 Å². The van der Waals surface area contributed by atoms with Crippen molar-refractivity contribution in [3.05, 3.63) is 42.2 Å². The molecule has 5 nitrogen and oxygen atoms in total. The molecule has 0 aliphatic carbocycles. The summed E-state index contributed by atoms with van der Waals surface area (Å²) in [6.45, 7) is 0.640. The van der Waals surface area contributed by atoms with Gasteiger partial charge in [-0.05, 0) is 18.1 Å². The van der Waals surface area contributed by atoms with Gasteiger partial charge in [-0.2, -0.15) is 0 Å². The molecule has 1 aromatic carbocycles. The Morgan fingerprint density at radius 2 is 2.28 bits per heavy atom. The van der Waals surface area contributed by atoms with E-state index in [1.807, 2.05) is 24.3 Å². The number of amides is 1. The van der Waals surface area contributed by atoms with Crippen LogP contribution in [0.15, 0.2) is 41.1 Å². The highest BCUT2D eigenvalue weighted by Crippen LogP contribution is 2.24. The highest BCUT2D eigenvalue weighted by molar-refractivity contribution is 5.92. The van der Waals surface area contributed by atoms with Crippen LogP contribution in [0.1, 0.15) is 5.56 Å². The number of hydrogen-bond donors (Lipinski definition) is 2. The zero-order valence-electron chi connectivity index (χ0n) is 9.72. The summed E-state index contributed by atoms with van der Waals surface area (Å²) in [5, 5.41) is 9.68. The third kappa shape index (κ3) is 2.07. The molecule has 0 spiro atoms. The Morgan fingerprint density at radius 3 is 3.11 bits per heavy atom. The summed E-state index contributed by atoms with van der Waals surface area (Å²) in [5.41, 5.74) is 2.28. The predicted octanol–water partition coefficient (Wildman–Crippen LogP) is 1.90. The molecular formula is C13H13N3O2. The first-order valence-electron chi connectivity index (χ1n) is 5.86. The Balaban J connectivity index is 1.70. The molecule has 0 fully saturated rings. The molecule has 0 bridgehead atoms. The number of benzene rings is 1. The third-order valence-corrected chi connectivity index (χ3v) is 3.08. The number of para-hydroxylation sites is 1. The summed E-state index contributed by atoms with van der Waals surface area (Å²) < 4.78 is 4.68. The van der Waals surface area contributed by atoms with Crippen LogP contribution in [0.3, 0.4) is 0 Å². The van der Waals surface area contributed by atoms with Crippen LogP contribution < -0.4 is 10.6 Å². The molecule has 0 saturated heterocycles. The van der Waals surface area contributed by atoms with Crippen LogP contribution in [-0.4, -0.2) is 17.6 Å². The van der Waals surface area contributed by atoms with Crippen LogP contribution in [0, 0.1) is 5.92 Å². The summed E-state index contributed by atoms with van der Waals surface area (Å²) in [6, 6.07) is 9.67. The van der Waals surface area contributed by atoms with Crippen LogP contribution in [0.25, 0.3) is 0 Å². The first kappa shape index (κ1) is 10.8. The summed E-state index contributed by atoms with van der Waals surface area (Å²) in [5.74, 6) is 0.335. The van der Waals surface area contributed by atoms with Gasteiger partial charge in [0.2, 0.25) is 5.91 Å². The number of nitrogens with zero attached hydrogens (tertiary/aromatic N) is 1. The zero-order chi connectivity index (χ0) is 12.4. The van der Waals surface area contributed by atoms with Gasteiger partial charge in [0, 0.05) is 18.3 Å². The lowest BCUT2D eigenvalue weighted by Crippen LogP contribution is -2.33. The largest absolute Gasteiger partial charge is 0.384 e. The van der Waals surface area contributed by atoms with Gasteiger partial charge in [0.15, 0.2) is 5.82 Å². The van der Waals surface area contributed by atoms with Crippen LogP contribution >= 0.6 is 0 Å². The van der Waals surface area contributed by atoms with E-state index >= 15 is 0 Å². The summed E-state index contributed by atoms with van der Waals surface area (Å²) in [4.78, 5) is 12.0. The number of anilines is 2. The third-order valence-electron chi connectivity index (χ3n) is 3.08. The minimum atomic E-state index is -0.0865. The maximum Gasteiger partial charge on any atom is 0.230 e. The van der Waals surface area contributed by atoms with Gasteiger partial charge in [-0.3, -0.25) is 4.79 Å². The predicted molar refractivity (Wildman–Crippen MR) is 67.3 cm³/mol. The molecule has 3 rings (SSSR count). The highest BCUT2D eigenvalue weighted by Gasteiger charge is 2.24. The van der Waals surface area contributed by atoms with E-state index in [4.69, 9.17) is 0 Å². The molecule has 18 heavy (non-hydrogen) atoms. The fourth-order valence-corrected chi connectivity index (χ4v) is 2.13. The second kappa shape index (κ2) is 4.52. The van der Waals surface area contributed by atoms with Crippen molar-refractivity contribution in [2.45, 2.75) is 6.42 Å². The number of nitrogens with one attached hydrogen (secondary N) is 2. The van der Waals surface area contributed by atoms with E-state index in [9.17, 15) is 4.79 Å². The lowest BCUT2D eigenvalue weighted by atomic mass is 9.93. The molecule has 2 N–H and O–H groups in total. The number of fused-ring (bicyclic) bond motifs is 1. The van der Waals surface area contributed by atoms with Gasteiger partial charge in [0.1, 0.15) is 6.26 Å². The molecule has 2 heterocycles. The van der Waals surface area contributed by atoms with E-state index in [1.54, 1.807) is 6.07 Å². The SMILES string of the molecule is O=C(Nc1ccon1)C1CNc2ccccc2C1. The first-order valence-corrected chi connectivity index (χ1v) is 5.86. The van der Waals surface area contributed by atoms with E-state index < -0.39 is 0 Å². The topological polar surface area (TPSA) is 67.2 Å². The Bertz CT molecular complexity index is 551. The first-order chi connectivity index (χ1) is 8.83. The molecule has 1 aromatic heterocycles. The van der Waals surface area contributed by atoms with Crippen LogP contribution in [-0.2, 0) is 11.2 Å². The molecule has 2 aromatic rings. The zero-order valence-corrected chi connectivity index (χ0v) is 9.72. The van der Waals surface area contributed by atoms with Crippen molar-refractivity contribution in [3.8, 4) is 0 Å². The van der Waals surface area contributed by atoms with Crippen molar-refractivity contribution in [2.24, 2.45) is 5.92 Å². The molecular weight excluding hydrogens is 230 g/mol. The van der Waals surface area contributed by atoms with E-state index in [2.05, 4.69) is 20.3 Å². The van der Waals surface area contributed by atoms with Crippen LogP contribution in [0.2, 0.25) is 0 Å². The number of carbonyl (C=O) groups is 1. The average Bonchev–Trinajstić information content (AvgIpc) is 2.91. The molecule has 1 atom stereocenters. The van der Waals surface area contributed by atoms with E-state index in [0.717, 1.165) is 12.1 Å². The molecule has 1 aliphatic rings. The van der Waals surface area contributed by atoms with Crippen LogP contribution in [0.5, 0.6) is 0 Å². The van der Waals surface area contributed by atoms with Gasteiger partial charge >= 0.3 is 0 Å². The highest BCUT2D eigenvalue weighted by atomic mass is 16.5. The van der Waals surface area contributed by atoms with E-state index in [0.29, 0.717) is 12.4 Å². The molecule has 1 unspecified atom stereocenters. The fraction of sp³-hybridized carbons (Fsp3) is 0.231. The van der Waals surface area contributed by atoms with E-state index in [-0.39, 0.29) is 11.8 Å².